The largest absolute Gasteiger partial charge is 0.383 e. The number of aromatic nitrogens is 4. The first-order valence-corrected chi connectivity index (χ1v) is 11.9. The number of carbonyl (C=O) groups excluding carboxylic acids is 1. The van der Waals surface area contributed by atoms with E-state index >= 15 is 0 Å². The van der Waals surface area contributed by atoms with Gasteiger partial charge < -0.3 is 15.5 Å². The van der Waals surface area contributed by atoms with Gasteiger partial charge in [0.2, 0.25) is 5.91 Å². The lowest BCUT2D eigenvalue weighted by Crippen LogP contribution is -2.24. The van der Waals surface area contributed by atoms with Crippen molar-refractivity contribution in [2.75, 3.05) is 38.3 Å². The molecule has 4 rings (SSSR count). The second kappa shape index (κ2) is 10.1. The van der Waals surface area contributed by atoms with Crippen molar-refractivity contribution in [3.63, 3.8) is 0 Å². The first kappa shape index (κ1) is 24.1. The molecule has 0 fully saturated rings. The number of carbonyl (C=O) groups is 1. The van der Waals surface area contributed by atoms with Gasteiger partial charge in [0.15, 0.2) is 5.65 Å². The minimum atomic E-state index is -0.118. The van der Waals surface area contributed by atoms with Crippen molar-refractivity contribution in [2.45, 2.75) is 0 Å². The van der Waals surface area contributed by atoms with Gasteiger partial charge >= 0.3 is 0 Å². The van der Waals surface area contributed by atoms with Crippen LogP contribution in [0.15, 0.2) is 60.9 Å². The highest BCUT2D eigenvalue weighted by atomic mass is 127. The van der Waals surface area contributed by atoms with Crippen LogP contribution in [0.4, 0.5) is 11.5 Å². The molecular formula is C24H23ClIN7O. The minimum Gasteiger partial charge on any atom is -0.383 e. The Labute approximate surface area is 216 Å². The van der Waals surface area contributed by atoms with E-state index in [0.29, 0.717) is 34.1 Å². The van der Waals surface area contributed by atoms with Gasteiger partial charge in [-0.1, -0.05) is 29.8 Å². The number of likely N-dealkylation sites (N-methyl/N-ethyl adjacent to an activating group) is 2. The van der Waals surface area contributed by atoms with E-state index in [4.69, 9.17) is 22.4 Å². The van der Waals surface area contributed by atoms with Gasteiger partial charge in [-0.3, -0.25) is 4.79 Å². The van der Waals surface area contributed by atoms with Crippen LogP contribution in [-0.4, -0.2) is 58.2 Å². The monoisotopic (exact) mass is 587 g/mol. The molecule has 0 bridgehead atoms. The summed E-state index contributed by atoms with van der Waals surface area (Å²) in [6.07, 6.45) is 4.84. The van der Waals surface area contributed by atoms with Crippen molar-refractivity contribution in [2.24, 2.45) is 0 Å². The molecule has 0 saturated carbocycles. The number of hydrogen-bond donors (Lipinski definition) is 1. The number of fused-ring (bicyclic) bond motifs is 1. The summed E-state index contributed by atoms with van der Waals surface area (Å²) in [7, 11) is 5.65. The zero-order valence-electron chi connectivity index (χ0n) is 18.9. The molecule has 0 aliphatic heterocycles. The lowest BCUT2D eigenvalue weighted by Gasteiger charge is -2.17. The van der Waals surface area contributed by atoms with Gasteiger partial charge in [-0.05, 0) is 67.0 Å². The summed E-state index contributed by atoms with van der Waals surface area (Å²) < 4.78 is 2.68. The molecule has 0 saturated heterocycles. The Morgan fingerprint density at radius 2 is 1.88 bits per heavy atom. The van der Waals surface area contributed by atoms with Gasteiger partial charge in [0.05, 0.1) is 11.1 Å². The third kappa shape index (κ3) is 4.91. The van der Waals surface area contributed by atoms with Crippen molar-refractivity contribution >= 4 is 62.6 Å². The molecular weight excluding hydrogens is 565 g/mol. The number of halogens is 2. The molecule has 174 valence electrons. The van der Waals surface area contributed by atoms with Crippen molar-refractivity contribution in [3.05, 3.63) is 69.5 Å². The summed E-state index contributed by atoms with van der Waals surface area (Å²) in [5.74, 6) is 0.221. The molecule has 0 radical (unpaired) electrons. The molecule has 2 aromatic heterocycles. The van der Waals surface area contributed by atoms with E-state index in [0.717, 1.165) is 20.5 Å². The number of hydrogen-bond acceptors (Lipinski definition) is 6. The average Bonchev–Trinajstić information content (AvgIpc) is 3.20. The number of benzene rings is 2. The predicted octanol–water partition coefficient (Wildman–Crippen LogP) is 4.40. The van der Waals surface area contributed by atoms with Gasteiger partial charge in [0, 0.05) is 39.5 Å². The standard InChI is InChI=1S/C24H23ClIN7O/c1-31(2)12-4-5-20(34)32(3)17-10-11-18(26)19(13-17)33-24-21(23(27)28-14-29-24)22(30-33)15-6-8-16(25)9-7-15/h4-11,13-14H,12H2,1-3H3,(H2,27,28,29)/b5-4+. The topological polar surface area (TPSA) is 93.2 Å². The van der Waals surface area contributed by atoms with E-state index in [2.05, 4.69) is 32.6 Å². The maximum atomic E-state index is 12.7. The molecule has 2 heterocycles. The molecule has 2 N–H and O–H groups in total. The lowest BCUT2D eigenvalue weighted by molar-refractivity contribution is -0.113. The van der Waals surface area contributed by atoms with Crippen molar-refractivity contribution in [1.29, 1.82) is 0 Å². The molecule has 2 aromatic carbocycles. The summed E-state index contributed by atoms with van der Waals surface area (Å²) in [5.41, 5.74) is 9.83. The molecule has 0 unspecified atom stereocenters. The van der Waals surface area contributed by atoms with Crippen LogP contribution < -0.4 is 10.6 Å². The number of amides is 1. The molecule has 4 aromatic rings. The second-order valence-electron chi connectivity index (χ2n) is 7.92. The predicted molar refractivity (Wildman–Crippen MR) is 145 cm³/mol. The molecule has 1 amide bonds. The number of nitrogens with two attached hydrogens (primary N) is 1. The highest BCUT2D eigenvalue weighted by Gasteiger charge is 2.20. The van der Waals surface area contributed by atoms with Crippen LogP contribution in [0.3, 0.4) is 0 Å². The fourth-order valence-corrected chi connectivity index (χ4v) is 4.12. The van der Waals surface area contributed by atoms with Crippen LogP contribution in [0.1, 0.15) is 0 Å². The number of rotatable bonds is 6. The van der Waals surface area contributed by atoms with Crippen molar-refractivity contribution < 1.29 is 4.79 Å². The van der Waals surface area contributed by atoms with E-state index in [1.165, 1.54) is 6.33 Å². The molecule has 8 nitrogen and oxygen atoms in total. The first-order valence-electron chi connectivity index (χ1n) is 10.4. The molecule has 34 heavy (non-hydrogen) atoms. The van der Waals surface area contributed by atoms with Crippen LogP contribution in [0, 0.1) is 3.57 Å². The second-order valence-corrected chi connectivity index (χ2v) is 9.52. The van der Waals surface area contributed by atoms with Crippen LogP contribution in [-0.2, 0) is 4.79 Å². The van der Waals surface area contributed by atoms with Crippen molar-refractivity contribution in [3.8, 4) is 16.9 Å². The molecule has 10 heteroatoms. The zero-order valence-corrected chi connectivity index (χ0v) is 21.8. The zero-order chi connectivity index (χ0) is 24.4. The highest BCUT2D eigenvalue weighted by molar-refractivity contribution is 14.1. The summed E-state index contributed by atoms with van der Waals surface area (Å²) in [4.78, 5) is 24.9. The molecule has 0 aliphatic rings. The Morgan fingerprint density at radius 1 is 1.15 bits per heavy atom. The Bertz CT molecular complexity index is 1380. The van der Waals surface area contributed by atoms with Crippen LogP contribution in [0.2, 0.25) is 5.02 Å². The summed E-state index contributed by atoms with van der Waals surface area (Å²) in [6.45, 7) is 0.686. The Balaban J connectivity index is 1.81. The maximum absolute atomic E-state index is 12.7. The first-order chi connectivity index (χ1) is 16.3. The van der Waals surface area contributed by atoms with Crippen LogP contribution >= 0.6 is 34.2 Å². The van der Waals surface area contributed by atoms with Crippen molar-refractivity contribution in [1.82, 2.24) is 24.6 Å². The van der Waals surface area contributed by atoms with E-state index in [1.807, 2.05) is 55.4 Å². The third-order valence-electron chi connectivity index (χ3n) is 5.22. The van der Waals surface area contributed by atoms with E-state index < -0.39 is 0 Å². The highest BCUT2D eigenvalue weighted by Crippen LogP contribution is 2.34. The Hall–Kier alpha value is -3.02. The SMILES string of the molecule is CN(C)C/C=C/C(=O)N(C)c1ccc(I)c(-n2nc(-c3ccc(Cl)cc3)c3c(N)ncnc32)c1. The average molecular weight is 588 g/mol. The van der Waals surface area contributed by atoms with E-state index in [1.54, 1.807) is 34.8 Å². The van der Waals surface area contributed by atoms with E-state index in [-0.39, 0.29) is 5.91 Å². The summed E-state index contributed by atoms with van der Waals surface area (Å²) in [5, 5.41) is 6.14. The number of nitrogen functional groups attached to an aromatic ring is 1. The molecule has 0 aliphatic carbocycles. The van der Waals surface area contributed by atoms with Crippen LogP contribution in [0.5, 0.6) is 0 Å². The Kier molecular flexibility index (Phi) is 7.15. The minimum absolute atomic E-state index is 0.118. The smallest absolute Gasteiger partial charge is 0.250 e. The number of anilines is 2. The fraction of sp³-hybridized carbons (Fsp3) is 0.167. The fourth-order valence-electron chi connectivity index (χ4n) is 3.43. The molecule has 0 spiro atoms. The van der Waals surface area contributed by atoms with Gasteiger partial charge in [0.25, 0.3) is 0 Å². The lowest BCUT2D eigenvalue weighted by atomic mass is 10.1. The van der Waals surface area contributed by atoms with Gasteiger partial charge in [-0.25, -0.2) is 14.6 Å². The summed E-state index contributed by atoms with van der Waals surface area (Å²) >= 11 is 8.32. The maximum Gasteiger partial charge on any atom is 0.250 e. The normalized spacial score (nSPS) is 11.6. The van der Waals surface area contributed by atoms with Gasteiger partial charge in [-0.2, -0.15) is 5.10 Å². The Morgan fingerprint density at radius 3 is 2.59 bits per heavy atom. The number of nitrogens with zero attached hydrogens (tertiary/aromatic N) is 6. The van der Waals surface area contributed by atoms with Gasteiger partial charge in [0.1, 0.15) is 17.8 Å². The third-order valence-corrected chi connectivity index (χ3v) is 6.38. The summed E-state index contributed by atoms with van der Waals surface area (Å²) in [6, 6.07) is 13.1. The van der Waals surface area contributed by atoms with E-state index in [9.17, 15) is 4.79 Å². The quantitative estimate of drug-likeness (QED) is 0.266. The van der Waals surface area contributed by atoms with Crippen LogP contribution in [0.25, 0.3) is 28.0 Å². The van der Waals surface area contributed by atoms with Gasteiger partial charge in [-0.15, -0.1) is 0 Å². The molecule has 0 atom stereocenters.